The fraction of sp³-hybridized carbons (Fsp3) is 0.143. The van der Waals surface area contributed by atoms with Crippen molar-refractivity contribution in [3.63, 3.8) is 0 Å². The van der Waals surface area contributed by atoms with Crippen molar-refractivity contribution in [2.24, 2.45) is 0 Å². The zero-order chi connectivity index (χ0) is 40.4. The Labute approximate surface area is 373 Å². The van der Waals surface area contributed by atoms with E-state index in [1.165, 1.54) is 89.0 Å². The number of rotatable bonds is 0. The Kier molecular flexibility index (Phi) is 13.6. The Bertz CT molecular complexity index is 2230. The average molecular weight is 849 g/mol. The Morgan fingerprint density at radius 1 is 0.183 bits per heavy atom. The molecule has 0 N–H and O–H groups in total. The zero-order valence-corrected chi connectivity index (χ0v) is 37.0. The van der Waals surface area contributed by atoms with E-state index in [1.54, 1.807) is 0 Å². The van der Waals surface area contributed by atoms with Crippen LogP contribution in [0.2, 0.25) is 0 Å². The smallest absolute Gasteiger partial charge is 0.0187 e. The standard InChI is InChI=1S/C56H48S4/c1-3-53-31-54(4-1)50-25-17-46(18-26-50)38-58-34-42-9-13-44(14-10-42)36-60-40-48-21-29-52(30-22-48)56-6-2-5-55(32-56)51-27-19-47(20-28-51)39-59-35-43-11-7-41(8-12-43)33-57-37-45-15-23-49(53)24-16-45/h1-32H,33-40H2. The lowest BCUT2D eigenvalue weighted by atomic mass is 9.98. The van der Waals surface area contributed by atoms with Gasteiger partial charge in [-0.05, 0) is 101 Å². The summed E-state index contributed by atoms with van der Waals surface area (Å²) in [6, 6.07) is 72.9. The minimum Gasteiger partial charge on any atom is -0.152 e. The average Bonchev–Trinajstić information content (AvgIpc) is 3.31. The molecule has 10 aliphatic rings. The van der Waals surface area contributed by atoms with Gasteiger partial charge in [-0.25, -0.2) is 0 Å². The third kappa shape index (κ3) is 10.9. The molecule has 8 aromatic carbocycles. The van der Waals surface area contributed by atoms with E-state index in [0.29, 0.717) is 0 Å². The highest BCUT2D eigenvalue weighted by Gasteiger charge is 2.07. The van der Waals surface area contributed by atoms with E-state index in [-0.39, 0.29) is 0 Å². The highest BCUT2D eigenvalue weighted by atomic mass is 32.2. The molecule has 4 heteroatoms. The maximum Gasteiger partial charge on any atom is 0.0187 e. The van der Waals surface area contributed by atoms with E-state index in [1.807, 2.05) is 47.0 Å². The molecule has 18 rings (SSSR count). The lowest BCUT2D eigenvalue weighted by molar-refractivity contribution is 1.32. The van der Waals surface area contributed by atoms with Crippen LogP contribution in [0.1, 0.15) is 44.5 Å². The van der Waals surface area contributed by atoms with Crippen LogP contribution in [0.25, 0.3) is 44.5 Å². The summed E-state index contributed by atoms with van der Waals surface area (Å²) in [7, 11) is 0. The molecule has 0 saturated heterocycles. The molecular weight excluding hydrogens is 801 g/mol. The molecule has 10 aliphatic heterocycles. The minimum absolute atomic E-state index is 1.01. The van der Waals surface area contributed by atoms with Gasteiger partial charge in [0.05, 0.1) is 0 Å². The normalized spacial score (nSPS) is 13.9. The van der Waals surface area contributed by atoms with E-state index in [9.17, 15) is 0 Å². The third-order valence-corrected chi connectivity index (χ3v) is 15.4. The van der Waals surface area contributed by atoms with Gasteiger partial charge in [0.1, 0.15) is 0 Å². The van der Waals surface area contributed by atoms with Crippen molar-refractivity contribution >= 4 is 47.0 Å². The number of benzene rings is 8. The summed E-state index contributed by atoms with van der Waals surface area (Å²) in [4.78, 5) is 0. The quantitative estimate of drug-likeness (QED) is 0.149. The Morgan fingerprint density at radius 2 is 0.350 bits per heavy atom. The summed E-state index contributed by atoms with van der Waals surface area (Å²) in [6.45, 7) is 0. The number of hydrogen-bond donors (Lipinski definition) is 0. The van der Waals surface area contributed by atoms with Gasteiger partial charge in [0, 0.05) is 46.0 Å². The monoisotopic (exact) mass is 848 g/mol. The van der Waals surface area contributed by atoms with Gasteiger partial charge in [0.15, 0.2) is 0 Å². The van der Waals surface area contributed by atoms with Crippen LogP contribution in [0.15, 0.2) is 194 Å². The molecule has 0 fully saturated rings. The van der Waals surface area contributed by atoms with Crippen LogP contribution in [0.4, 0.5) is 0 Å². The van der Waals surface area contributed by atoms with Crippen molar-refractivity contribution < 1.29 is 0 Å². The minimum atomic E-state index is 1.01. The van der Waals surface area contributed by atoms with Gasteiger partial charge >= 0.3 is 0 Å². The molecular formula is C56H48S4. The highest BCUT2D eigenvalue weighted by Crippen LogP contribution is 2.31. The van der Waals surface area contributed by atoms with Crippen molar-refractivity contribution in [2.45, 2.75) is 46.0 Å². The van der Waals surface area contributed by atoms with Crippen LogP contribution in [-0.4, -0.2) is 0 Å². The van der Waals surface area contributed by atoms with Crippen molar-refractivity contribution in [1.82, 2.24) is 0 Å². The van der Waals surface area contributed by atoms with Crippen LogP contribution < -0.4 is 0 Å². The topological polar surface area (TPSA) is 0 Å². The van der Waals surface area contributed by atoms with E-state index in [2.05, 4.69) is 194 Å². The first-order chi connectivity index (χ1) is 29.7. The molecule has 0 nitrogen and oxygen atoms in total. The summed E-state index contributed by atoms with van der Waals surface area (Å²) in [5, 5.41) is 0. The Balaban J connectivity index is 0.876. The zero-order valence-electron chi connectivity index (χ0n) is 33.8. The fourth-order valence-corrected chi connectivity index (χ4v) is 11.4. The van der Waals surface area contributed by atoms with E-state index in [4.69, 9.17) is 0 Å². The molecule has 0 aliphatic carbocycles. The number of thioether (sulfide) groups is 4. The van der Waals surface area contributed by atoms with Crippen molar-refractivity contribution in [2.75, 3.05) is 0 Å². The lowest BCUT2D eigenvalue weighted by Crippen LogP contribution is -1.88. The predicted octanol–water partition coefficient (Wildman–Crippen LogP) is 16.4. The van der Waals surface area contributed by atoms with Gasteiger partial charge in [0.2, 0.25) is 0 Å². The molecule has 0 aromatic heterocycles. The molecule has 0 radical (unpaired) electrons. The molecule has 16 bridgehead atoms. The van der Waals surface area contributed by atoms with Gasteiger partial charge in [-0.2, -0.15) is 47.0 Å². The summed E-state index contributed by atoms with van der Waals surface area (Å²) in [5.74, 6) is 8.09. The molecule has 0 unspecified atom stereocenters. The van der Waals surface area contributed by atoms with Gasteiger partial charge < -0.3 is 0 Å². The Morgan fingerprint density at radius 3 is 0.533 bits per heavy atom. The third-order valence-electron chi connectivity index (χ3n) is 11.1. The largest absolute Gasteiger partial charge is 0.152 e. The van der Waals surface area contributed by atoms with Gasteiger partial charge in [-0.1, -0.05) is 182 Å². The van der Waals surface area contributed by atoms with Gasteiger partial charge in [-0.3, -0.25) is 0 Å². The molecule has 60 heavy (non-hydrogen) atoms. The van der Waals surface area contributed by atoms with Crippen LogP contribution >= 0.6 is 47.0 Å². The summed E-state index contributed by atoms with van der Waals surface area (Å²) < 4.78 is 0. The van der Waals surface area contributed by atoms with E-state index in [0.717, 1.165) is 46.0 Å². The van der Waals surface area contributed by atoms with Crippen LogP contribution in [0.3, 0.4) is 0 Å². The first-order valence-electron chi connectivity index (χ1n) is 20.7. The molecule has 8 aromatic rings. The first kappa shape index (κ1) is 40.6. The summed E-state index contributed by atoms with van der Waals surface area (Å²) >= 11 is 7.93. The van der Waals surface area contributed by atoms with Crippen molar-refractivity contribution in [3.05, 3.63) is 239 Å². The molecule has 296 valence electrons. The van der Waals surface area contributed by atoms with Crippen LogP contribution in [0.5, 0.6) is 0 Å². The molecule has 10 heterocycles. The Hall–Kier alpha value is -4.84. The predicted molar refractivity (Wildman–Crippen MR) is 268 cm³/mol. The molecule has 0 saturated carbocycles. The van der Waals surface area contributed by atoms with Gasteiger partial charge in [-0.15, -0.1) is 0 Å². The second kappa shape index (κ2) is 20.1. The van der Waals surface area contributed by atoms with E-state index >= 15 is 0 Å². The molecule has 0 atom stereocenters. The van der Waals surface area contributed by atoms with E-state index < -0.39 is 0 Å². The fourth-order valence-electron chi connectivity index (χ4n) is 7.54. The van der Waals surface area contributed by atoms with Crippen LogP contribution in [-0.2, 0) is 46.0 Å². The molecule has 0 amide bonds. The molecule has 0 spiro atoms. The maximum absolute atomic E-state index is 2.32. The van der Waals surface area contributed by atoms with Crippen molar-refractivity contribution in [3.8, 4) is 44.5 Å². The second-order valence-electron chi connectivity index (χ2n) is 15.6. The SMILES string of the molecule is c1cc2cc(c1)-c1ccc(cc1)CSCc1ccc(cc1)CSCc1ccc(cc1)-c1cccc(c1)-c1ccc(cc1)CSCc1ccc(cc1)CSCc1ccc-2cc1. The second-order valence-corrected chi connectivity index (χ2v) is 19.5. The van der Waals surface area contributed by atoms with Crippen molar-refractivity contribution in [1.29, 1.82) is 0 Å². The first-order valence-corrected chi connectivity index (χ1v) is 25.3. The summed E-state index contributed by atoms with van der Waals surface area (Å²) in [6.07, 6.45) is 0. The summed E-state index contributed by atoms with van der Waals surface area (Å²) in [5.41, 5.74) is 21.1. The lowest BCUT2D eigenvalue weighted by Gasteiger charge is -2.09. The maximum atomic E-state index is 2.32. The van der Waals surface area contributed by atoms with Gasteiger partial charge in [0.25, 0.3) is 0 Å². The number of hydrogen-bond acceptors (Lipinski definition) is 4. The highest BCUT2D eigenvalue weighted by molar-refractivity contribution is 7.98. The van der Waals surface area contributed by atoms with Crippen LogP contribution in [0, 0.1) is 0 Å².